The van der Waals surface area contributed by atoms with Crippen molar-refractivity contribution >= 4 is 27.5 Å². The third-order valence-corrected chi connectivity index (χ3v) is 3.95. The van der Waals surface area contributed by atoms with E-state index < -0.39 is 0 Å². The Morgan fingerprint density at radius 2 is 2.26 bits per heavy atom. The number of anilines is 1. The SMILES string of the molecule is CCNC1COCC1C(=O)Nc1cc(C)ccc1Br. The number of amides is 1. The summed E-state index contributed by atoms with van der Waals surface area (Å²) < 4.78 is 6.29. The van der Waals surface area contributed by atoms with Gasteiger partial charge >= 0.3 is 0 Å². The molecule has 0 radical (unpaired) electrons. The fourth-order valence-electron chi connectivity index (χ4n) is 2.24. The van der Waals surface area contributed by atoms with Gasteiger partial charge in [-0.25, -0.2) is 0 Å². The van der Waals surface area contributed by atoms with E-state index in [4.69, 9.17) is 4.74 Å². The summed E-state index contributed by atoms with van der Waals surface area (Å²) in [4.78, 5) is 12.3. The van der Waals surface area contributed by atoms with Crippen molar-refractivity contribution < 1.29 is 9.53 Å². The Morgan fingerprint density at radius 1 is 1.47 bits per heavy atom. The van der Waals surface area contributed by atoms with Crippen LogP contribution in [0.4, 0.5) is 5.69 Å². The summed E-state index contributed by atoms with van der Waals surface area (Å²) in [6.07, 6.45) is 0. The van der Waals surface area contributed by atoms with Crippen molar-refractivity contribution in [3.05, 3.63) is 28.2 Å². The number of hydrogen-bond donors (Lipinski definition) is 2. The third kappa shape index (κ3) is 3.55. The van der Waals surface area contributed by atoms with Gasteiger partial charge in [-0.3, -0.25) is 4.79 Å². The Bertz CT molecular complexity index is 465. The van der Waals surface area contributed by atoms with Crippen molar-refractivity contribution in [2.75, 3.05) is 25.1 Å². The van der Waals surface area contributed by atoms with Gasteiger partial charge < -0.3 is 15.4 Å². The lowest BCUT2D eigenvalue weighted by Gasteiger charge is -2.18. The minimum absolute atomic E-state index is 0.00903. The molecular formula is C14H19BrN2O2. The highest BCUT2D eigenvalue weighted by Gasteiger charge is 2.33. The van der Waals surface area contributed by atoms with Gasteiger partial charge in [0.2, 0.25) is 5.91 Å². The average Bonchev–Trinajstić information content (AvgIpc) is 2.82. The predicted octanol–water partition coefficient (Wildman–Crippen LogP) is 2.32. The van der Waals surface area contributed by atoms with Gasteiger partial charge in [-0.2, -0.15) is 0 Å². The van der Waals surface area contributed by atoms with Crippen LogP contribution in [0, 0.1) is 12.8 Å². The van der Waals surface area contributed by atoms with Crippen LogP contribution in [0.15, 0.2) is 22.7 Å². The van der Waals surface area contributed by atoms with Crippen molar-refractivity contribution in [3.8, 4) is 0 Å². The number of aryl methyl sites for hydroxylation is 1. The Morgan fingerprint density at radius 3 is 3.00 bits per heavy atom. The highest BCUT2D eigenvalue weighted by atomic mass is 79.9. The molecule has 1 aliphatic rings. The van der Waals surface area contributed by atoms with E-state index >= 15 is 0 Å². The molecular weight excluding hydrogens is 308 g/mol. The first-order chi connectivity index (χ1) is 9.11. The number of likely N-dealkylation sites (N-methyl/N-ethyl adjacent to an activating group) is 1. The molecule has 1 aromatic carbocycles. The smallest absolute Gasteiger partial charge is 0.231 e. The second-order valence-electron chi connectivity index (χ2n) is 4.78. The summed E-state index contributed by atoms with van der Waals surface area (Å²) >= 11 is 3.45. The van der Waals surface area contributed by atoms with Crippen LogP contribution in [0.1, 0.15) is 12.5 Å². The minimum atomic E-state index is -0.132. The number of carbonyl (C=O) groups is 1. The zero-order valence-corrected chi connectivity index (χ0v) is 12.8. The summed E-state index contributed by atoms with van der Waals surface area (Å²) in [7, 11) is 0. The van der Waals surface area contributed by atoms with Crippen LogP contribution in [0.25, 0.3) is 0 Å². The molecule has 1 aliphatic heterocycles. The molecule has 104 valence electrons. The minimum Gasteiger partial charge on any atom is -0.379 e. The van der Waals surface area contributed by atoms with Gasteiger partial charge in [0.05, 0.1) is 24.8 Å². The number of nitrogens with one attached hydrogen (secondary N) is 2. The maximum absolute atomic E-state index is 12.3. The molecule has 2 atom stereocenters. The van der Waals surface area contributed by atoms with E-state index in [1.807, 2.05) is 32.0 Å². The molecule has 1 saturated heterocycles. The van der Waals surface area contributed by atoms with Crippen molar-refractivity contribution in [3.63, 3.8) is 0 Å². The first kappa shape index (κ1) is 14.5. The lowest BCUT2D eigenvalue weighted by Crippen LogP contribution is -2.41. The van der Waals surface area contributed by atoms with Gasteiger partial charge in [-0.05, 0) is 47.1 Å². The number of benzene rings is 1. The van der Waals surface area contributed by atoms with Gasteiger partial charge in [0.15, 0.2) is 0 Å². The molecule has 5 heteroatoms. The lowest BCUT2D eigenvalue weighted by molar-refractivity contribution is -0.120. The summed E-state index contributed by atoms with van der Waals surface area (Å²) in [6.45, 7) is 5.95. The van der Waals surface area contributed by atoms with Gasteiger partial charge in [0.25, 0.3) is 0 Å². The fraction of sp³-hybridized carbons (Fsp3) is 0.500. The van der Waals surface area contributed by atoms with Crippen LogP contribution in [-0.4, -0.2) is 31.7 Å². The van der Waals surface area contributed by atoms with E-state index in [2.05, 4.69) is 26.6 Å². The van der Waals surface area contributed by atoms with E-state index in [9.17, 15) is 4.79 Å². The molecule has 2 rings (SSSR count). The molecule has 0 spiro atoms. The van der Waals surface area contributed by atoms with Crippen molar-refractivity contribution in [2.24, 2.45) is 5.92 Å². The maximum atomic E-state index is 12.3. The normalized spacial score (nSPS) is 22.5. The van der Waals surface area contributed by atoms with Gasteiger partial charge in [0.1, 0.15) is 0 Å². The number of halogens is 1. The first-order valence-corrected chi connectivity index (χ1v) is 7.29. The third-order valence-electron chi connectivity index (χ3n) is 3.26. The Balaban J connectivity index is 2.06. The molecule has 1 fully saturated rings. The van der Waals surface area contributed by atoms with Crippen molar-refractivity contribution in [2.45, 2.75) is 19.9 Å². The number of carbonyl (C=O) groups excluding carboxylic acids is 1. The first-order valence-electron chi connectivity index (χ1n) is 6.50. The Labute approximate surface area is 122 Å². The van der Waals surface area contributed by atoms with Crippen molar-refractivity contribution in [1.82, 2.24) is 5.32 Å². The topological polar surface area (TPSA) is 50.4 Å². The molecule has 0 aromatic heterocycles. The highest BCUT2D eigenvalue weighted by Crippen LogP contribution is 2.25. The van der Waals surface area contributed by atoms with Crippen LogP contribution < -0.4 is 10.6 Å². The average molecular weight is 327 g/mol. The molecule has 2 N–H and O–H groups in total. The molecule has 1 aromatic rings. The van der Waals surface area contributed by atoms with Crippen LogP contribution in [0.2, 0.25) is 0 Å². The van der Waals surface area contributed by atoms with Crippen LogP contribution >= 0.6 is 15.9 Å². The maximum Gasteiger partial charge on any atom is 0.231 e. The van der Waals surface area contributed by atoms with Gasteiger partial charge in [-0.15, -0.1) is 0 Å². The van der Waals surface area contributed by atoms with E-state index in [0.717, 1.165) is 22.3 Å². The molecule has 4 nitrogen and oxygen atoms in total. The van der Waals surface area contributed by atoms with Crippen molar-refractivity contribution in [1.29, 1.82) is 0 Å². The second-order valence-corrected chi connectivity index (χ2v) is 5.64. The summed E-state index contributed by atoms with van der Waals surface area (Å²) in [5.41, 5.74) is 1.93. The quantitative estimate of drug-likeness (QED) is 0.892. The van der Waals surface area contributed by atoms with Gasteiger partial charge in [-0.1, -0.05) is 13.0 Å². The fourth-order valence-corrected chi connectivity index (χ4v) is 2.58. The van der Waals surface area contributed by atoms with Crippen LogP contribution in [0.3, 0.4) is 0 Å². The van der Waals surface area contributed by atoms with Crippen LogP contribution in [-0.2, 0) is 9.53 Å². The molecule has 1 amide bonds. The number of hydrogen-bond acceptors (Lipinski definition) is 3. The number of ether oxygens (including phenoxy) is 1. The van der Waals surface area contributed by atoms with E-state index in [1.165, 1.54) is 0 Å². The van der Waals surface area contributed by atoms with Gasteiger partial charge in [0, 0.05) is 10.5 Å². The Hall–Kier alpha value is -0.910. The number of rotatable bonds is 4. The molecule has 0 saturated carbocycles. The van der Waals surface area contributed by atoms with E-state index in [-0.39, 0.29) is 17.9 Å². The second kappa shape index (κ2) is 6.50. The zero-order chi connectivity index (χ0) is 13.8. The summed E-state index contributed by atoms with van der Waals surface area (Å²) in [6, 6.07) is 6.01. The molecule has 0 bridgehead atoms. The molecule has 19 heavy (non-hydrogen) atoms. The summed E-state index contributed by atoms with van der Waals surface area (Å²) in [5, 5.41) is 6.27. The molecule has 1 heterocycles. The monoisotopic (exact) mass is 326 g/mol. The zero-order valence-electron chi connectivity index (χ0n) is 11.2. The summed E-state index contributed by atoms with van der Waals surface area (Å²) in [5.74, 6) is -0.123. The Kier molecular flexibility index (Phi) is 4.96. The van der Waals surface area contributed by atoms with Crippen LogP contribution in [0.5, 0.6) is 0 Å². The standard InChI is InChI=1S/C14H19BrN2O2/c1-3-16-13-8-19-7-10(13)14(18)17-12-6-9(2)4-5-11(12)15/h4-6,10,13,16H,3,7-8H2,1-2H3,(H,17,18). The molecule has 0 aliphatic carbocycles. The lowest BCUT2D eigenvalue weighted by atomic mass is 10.0. The molecule has 2 unspecified atom stereocenters. The highest BCUT2D eigenvalue weighted by molar-refractivity contribution is 9.10. The largest absolute Gasteiger partial charge is 0.379 e. The predicted molar refractivity (Wildman–Crippen MR) is 79.3 cm³/mol. The van der Waals surface area contributed by atoms with E-state index in [0.29, 0.717) is 13.2 Å². The van der Waals surface area contributed by atoms with E-state index in [1.54, 1.807) is 0 Å².